The molecule has 124 valence electrons. The third-order valence-electron chi connectivity index (χ3n) is 3.50. The highest BCUT2D eigenvalue weighted by Crippen LogP contribution is 2.29. The average Bonchev–Trinajstić information content (AvgIpc) is 2.52. The van der Waals surface area contributed by atoms with E-state index in [4.69, 9.17) is 10.2 Å². The van der Waals surface area contributed by atoms with Gasteiger partial charge in [-0.2, -0.15) is 0 Å². The number of aliphatic hydroxyl groups excluding tert-OH is 3. The van der Waals surface area contributed by atoms with Gasteiger partial charge in [-0.1, -0.05) is 13.8 Å². The maximum absolute atomic E-state index is 13.4. The number of hydrogen-bond acceptors (Lipinski definition) is 3. The van der Waals surface area contributed by atoms with Gasteiger partial charge in [0.05, 0.1) is 12.8 Å². The molecule has 0 aliphatic carbocycles. The highest BCUT2D eigenvalue weighted by Gasteiger charge is 2.24. The van der Waals surface area contributed by atoms with Crippen LogP contribution in [0.5, 0.6) is 0 Å². The molecule has 0 spiro atoms. The standard InChI is InChI=1S/C14H20F2O.2CH4O/c1-8-5-12(16)6-13(10(8)3)11(4)14(17)9(2)7-15;2*1-2/h5-6,9,11,14,17H,7H2,1-4H3;2*2H,1H3/t9-,11-,14+;;/m1../s1. The zero-order chi connectivity index (χ0) is 17.2. The van der Waals surface area contributed by atoms with E-state index in [-0.39, 0.29) is 11.7 Å². The number of rotatable bonds is 4. The summed E-state index contributed by atoms with van der Waals surface area (Å²) in [5.41, 5.74) is 2.58. The van der Waals surface area contributed by atoms with Gasteiger partial charge < -0.3 is 15.3 Å². The molecule has 0 aromatic heterocycles. The van der Waals surface area contributed by atoms with Crippen LogP contribution in [0.3, 0.4) is 0 Å². The fourth-order valence-electron chi connectivity index (χ4n) is 2.08. The molecule has 0 fully saturated rings. The summed E-state index contributed by atoms with van der Waals surface area (Å²) in [4.78, 5) is 0. The predicted molar refractivity (Wildman–Crippen MR) is 81.7 cm³/mol. The summed E-state index contributed by atoms with van der Waals surface area (Å²) in [6, 6.07) is 2.90. The van der Waals surface area contributed by atoms with E-state index in [9.17, 15) is 13.9 Å². The Morgan fingerprint density at radius 3 is 1.95 bits per heavy atom. The minimum absolute atomic E-state index is 0.268. The SMILES string of the molecule is CO.CO.Cc1cc(F)cc([C@@H](C)[C@@H](O)[C@H](C)CF)c1C. The van der Waals surface area contributed by atoms with Crippen molar-refractivity contribution in [1.82, 2.24) is 0 Å². The molecule has 0 radical (unpaired) electrons. The summed E-state index contributed by atoms with van der Waals surface area (Å²) in [5.74, 6) is -1.02. The summed E-state index contributed by atoms with van der Waals surface area (Å²) in [5, 5.41) is 24.0. The fourth-order valence-corrected chi connectivity index (χ4v) is 2.08. The molecule has 0 saturated heterocycles. The highest BCUT2D eigenvalue weighted by molar-refractivity contribution is 5.36. The third-order valence-corrected chi connectivity index (χ3v) is 3.50. The summed E-state index contributed by atoms with van der Waals surface area (Å²) in [6.45, 7) is 6.62. The van der Waals surface area contributed by atoms with Crippen LogP contribution in [0, 0.1) is 25.6 Å². The topological polar surface area (TPSA) is 60.7 Å². The fraction of sp³-hybridized carbons (Fsp3) is 0.625. The van der Waals surface area contributed by atoms with Crippen LogP contribution in [-0.2, 0) is 0 Å². The summed E-state index contributed by atoms with van der Waals surface area (Å²) < 4.78 is 25.9. The molecule has 3 atom stereocenters. The molecule has 0 saturated carbocycles. The van der Waals surface area contributed by atoms with Crippen molar-refractivity contribution < 1.29 is 24.1 Å². The van der Waals surface area contributed by atoms with Crippen molar-refractivity contribution in [2.75, 3.05) is 20.9 Å². The lowest BCUT2D eigenvalue weighted by Gasteiger charge is -2.25. The van der Waals surface area contributed by atoms with Crippen LogP contribution in [0.4, 0.5) is 8.78 Å². The maximum atomic E-state index is 13.4. The molecule has 21 heavy (non-hydrogen) atoms. The summed E-state index contributed by atoms with van der Waals surface area (Å²) >= 11 is 0. The number of aliphatic hydroxyl groups is 3. The predicted octanol–water partition coefficient (Wildman–Crippen LogP) is 2.73. The molecule has 3 nitrogen and oxygen atoms in total. The van der Waals surface area contributed by atoms with Gasteiger partial charge in [0.1, 0.15) is 5.82 Å². The molecule has 1 rings (SSSR count). The van der Waals surface area contributed by atoms with Crippen molar-refractivity contribution >= 4 is 0 Å². The van der Waals surface area contributed by atoms with Crippen LogP contribution >= 0.6 is 0 Å². The highest BCUT2D eigenvalue weighted by atomic mass is 19.1. The van der Waals surface area contributed by atoms with E-state index in [1.807, 2.05) is 13.8 Å². The first-order chi connectivity index (χ1) is 9.88. The van der Waals surface area contributed by atoms with E-state index >= 15 is 0 Å². The molecular formula is C16H28F2O3. The van der Waals surface area contributed by atoms with Crippen LogP contribution < -0.4 is 0 Å². The van der Waals surface area contributed by atoms with Crippen LogP contribution in [0.1, 0.15) is 36.5 Å². The molecule has 0 bridgehead atoms. The molecule has 5 heteroatoms. The Bertz CT molecular complexity index is 397. The second-order valence-corrected chi connectivity index (χ2v) is 4.85. The Morgan fingerprint density at radius 2 is 1.52 bits per heavy atom. The van der Waals surface area contributed by atoms with Crippen LogP contribution in [0.25, 0.3) is 0 Å². The monoisotopic (exact) mass is 306 g/mol. The first-order valence-corrected chi connectivity index (χ1v) is 6.78. The lowest BCUT2D eigenvalue weighted by Crippen LogP contribution is -2.26. The zero-order valence-corrected chi connectivity index (χ0v) is 13.7. The Balaban J connectivity index is 0. The molecule has 3 N–H and O–H groups in total. The van der Waals surface area contributed by atoms with Gasteiger partial charge in [-0.15, -0.1) is 0 Å². The Labute approximate surface area is 126 Å². The van der Waals surface area contributed by atoms with E-state index < -0.39 is 18.7 Å². The number of halogens is 2. The van der Waals surface area contributed by atoms with E-state index in [1.165, 1.54) is 12.1 Å². The van der Waals surface area contributed by atoms with Crippen LogP contribution in [0.15, 0.2) is 12.1 Å². The van der Waals surface area contributed by atoms with Gasteiger partial charge in [0.2, 0.25) is 0 Å². The lowest BCUT2D eigenvalue weighted by molar-refractivity contribution is 0.0800. The minimum Gasteiger partial charge on any atom is -0.400 e. The first-order valence-electron chi connectivity index (χ1n) is 6.78. The zero-order valence-electron chi connectivity index (χ0n) is 13.7. The molecule has 0 heterocycles. The summed E-state index contributed by atoms with van der Waals surface area (Å²) in [6.07, 6.45) is -0.792. The molecule has 0 aliphatic heterocycles. The number of benzene rings is 1. The molecule has 0 amide bonds. The number of hydrogen-bond donors (Lipinski definition) is 3. The molecule has 0 unspecified atom stereocenters. The number of alkyl halides is 1. The summed E-state index contributed by atoms with van der Waals surface area (Å²) in [7, 11) is 2.00. The van der Waals surface area contributed by atoms with Crippen LogP contribution in [-0.4, -0.2) is 42.3 Å². The van der Waals surface area contributed by atoms with Crippen molar-refractivity contribution in [1.29, 1.82) is 0 Å². The number of aryl methyl sites for hydroxylation is 1. The second-order valence-electron chi connectivity index (χ2n) is 4.85. The van der Waals surface area contributed by atoms with Gasteiger partial charge in [0, 0.05) is 26.1 Å². The van der Waals surface area contributed by atoms with Gasteiger partial charge in [-0.25, -0.2) is 4.39 Å². The quantitative estimate of drug-likeness (QED) is 0.801. The maximum Gasteiger partial charge on any atom is 0.123 e. The molecule has 1 aromatic rings. The average molecular weight is 306 g/mol. The minimum atomic E-state index is -0.792. The van der Waals surface area contributed by atoms with Crippen molar-refractivity contribution in [3.63, 3.8) is 0 Å². The lowest BCUT2D eigenvalue weighted by atomic mass is 9.85. The van der Waals surface area contributed by atoms with E-state index in [0.29, 0.717) is 0 Å². The molecule has 1 aromatic carbocycles. The first kappa shape index (κ1) is 22.2. The largest absolute Gasteiger partial charge is 0.400 e. The smallest absolute Gasteiger partial charge is 0.123 e. The van der Waals surface area contributed by atoms with E-state index in [0.717, 1.165) is 30.9 Å². The van der Waals surface area contributed by atoms with Crippen LogP contribution in [0.2, 0.25) is 0 Å². The van der Waals surface area contributed by atoms with Crippen molar-refractivity contribution in [2.45, 2.75) is 39.7 Å². The van der Waals surface area contributed by atoms with Gasteiger partial charge in [-0.3, -0.25) is 4.39 Å². The third kappa shape index (κ3) is 6.50. The van der Waals surface area contributed by atoms with Gasteiger partial charge in [0.25, 0.3) is 0 Å². The van der Waals surface area contributed by atoms with E-state index in [2.05, 4.69) is 0 Å². The van der Waals surface area contributed by atoms with Gasteiger partial charge in [0.15, 0.2) is 0 Å². The molecule has 0 aliphatic rings. The Hall–Kier alpha value is -1.04. The van der Waals surface area contributed by atoms with Gasteiger partial charge >= 0.3 is 0 Å². The Morgan fingerprint density at radius 1 is 1.05 bits per heavy atom. The van der Waals surface area contributed by atoms with Crippen molar-refractivity contribution in [2.24, 2.45) is 5.92 Å². The van der Waals surface area contributed by atoms with Crippen molar-refractivity contribution in [3.05, 3.63) is 34.6 Å². The van der Waals surface area contributed by atoms with Crippen molar-refractivity contribution in [3.8, 4) is 0 Å². The van der Waals surface area contributed by atoms with Gasteiger partial charge in [-0.05, 0) is 42.7 Å². The second kappa shape index (κ2) is 11.6. The normalized spacial score (nSPS) is 14.0. The van der Waals surface area contributed by atoms with E-state index in [1.54, 1.807) is 13.8 Å². The Kier molecular flexibility index (Phi) is 12.3. The molecular weight excluding hydrogens is 278 g/mol.